The summed E-state index contributed by atoms with van der Waals surface area (Å²) in [5.41, 5.74) is 0.0942. The molecule has 1 heterocycles. The van der Waals surface area contributed by atoms with Gasteiger partial charge in [0, 0.05) is 0 Å². The summed E-state index contributed by atoms with van der Waals surface area (Å²) >= 11 is 5.73. The van der Waals surface area contributed by atoms with Gasteiger partial charge in [-0.2, -0.15) is 0 Å². The molecule has 2 rings (SSSR count). The highest BCUT2D eigenvalue weighted by molar-refractivity contribution is 8.26. The summed E-state index contributed by atoms with van der Waals surface area (Å²) in [5.74, 6) is 1.53. The molecule has 8 heteroatoms. The van der Waals surface area contributed by atoms with Crippen LogP contribution in [0.2, 0.25) is 0 Å². The van der Waals surface area contributed by atoms with Crippen molar-refractivity contribution in [2.75, 3.05) is 0 Å². The maximum absolute atomic E-state index is 13.1. The maximum Gasteiger partial charge on any atom is 0.280 e. The van der Waals surface area contributed by atoms with E-state index in [0.29, 0.717) is 0 Å². The summed E-state index contributed by atoms with van der Waals surface area (Å²) in [4.78, 5) is 11.7. The van der Waals surface area contributed by atoms with E-state index in [0.717, 1.165) is 28.9 Å². The molecule has 1 fully saturated rings. The Labute approximate surface area is 110 Å². The van der Waals surface area contributed by atoms with Gasteiger partial charge in [0.05, 0.1) is 4.91 Å². The fourth-order valence-corrected chi connectivity index (χ4v) is 2.40. The van der Waals surface area contributed by atoms with E-state index < -0.39 is 23.3 Å². The first-order valence-corrected chi connectivity index (χ1v) is 5.83. The molecule has 1 aromatic carbocycles. The molecule has 1 aliphatic rings. The van der Waals surface area contributed by atoms with Crippen LogP contribution in [0.1, 0.15) is 5.56 Å². The van der Waals surface area contributed by atoms with Crippen molar-refractivity contribution in [2.24, 2.45) is 5.84 Å². The van der Waals surface area contributed by atoms with Crippen molar-refractivity contribution < 1.29 is 18.7 Å². The SMILES string of the molecule is NN1C(=O)/C(=C/c2cc(F)c(O)c(F)c2)SC1=S. The largest absolute Gasteiger partial charge is 0.503 e. The molecule has 0 unspecified atom stereocenters. The number of nitrogens with zero attached hydrogens (tertiary/aromatic N) is 1. The number of nitrogens with two attached hydrogens (primary N) is 1. The van der Waals surface area contributed by atoms with E-state index in [1.165, 1.54) is 6.08 Å². The highest BCUT2D eigenvalue weighted by atomic mass is 32.2. The minimum absolute atomic E-state index is 0.0942. The lowest BCUT2D eigenvalue weighted by molar-refractivity contribution is -0.122. The number of hydrogen-bond acceptors (Lipinski definition) is 5. The van der Waals surface area contributed by atoms with Crippen molar-refractivity contribution in [3.63, 3.8) is 0 Å². The van der Waals surface area contributed by atoms with E-state index in [4.69, 9.17) is 23.2 Å². The van der Waals surface area contributed by atoms with Crippen LogP contribution in [-0.4, -0.2) is 20.3 Å². The molecule has 1 aliphatic heterocycles. The van der Waals surface area contributed by atoms with Gasteiger partial charge in [-0.1, -0.05) is 24.0 Å². The summed E-state index contributed by atoms with van der Waals surface area (Å²) in [6, 6.07) is 1.81. The molecule has 0 bridgehead atoms. The van der Waals surface area contributed by atoms with E-state index in [-0.39, 0.29) is 14.8 Å². The zero-order valence-corrected chi connectivity index (χ0v) is 10.3. The Bertz CT molecular complexity index is 566. The molecule has 0 aromatic heterocycles. The van der Waals surface area contributed by atoms with E-state index in [2.05, 4.69) is 0 Å². The van der Waals surface area contributed by atoms with E-state index in [9.17, 15) is 13.6 Å². The number of benzene rings is 1. The number of thioether (sulfide) groups is 1. The Hall–Kier alpha value is -1.51. The zero-order chi connectivity index (χ0) is 13.4. The summed E-state index contributed by atoms with van der Waals surface area (Å²) in [6.07, 6.45) is 1.25. The number of halogens is 2. The molecule has 4 nitrogen and oxygen atoms in total. The first kappa shape index (κ1) is 12.9. The van der Waals surface area contributed by atoms with Gasteiger partial charge >= 0.3 is 0 Å². The summed E-state index contributed by atoms with van der Waals surface area (Å²) in [5, 5.41) is 9.71. The zero-order valence-electron chi connectivity index (χ0n) is 8.68. The quantitative estimate of drug-likeness (QED) is 0.357. The summed E-state index contributed by atoms with van der Waals surface area (Å²) in [7, 11) is 0. The Kier molecular flexibility index (Phi) is 3.33. The first-order chi connectivity index (χ1) is 8.40. The van der Waals surface area contributed by atoms with Gasteiger partial charge in [0.2, 0.25) is 0 Å². The van der Waals surface area contributed by atoms with Gasteiger partial charge in [-0.3, -0.25) is 4.79 Å². The highest BCUT2D eigenvalue weighted by Crippen LogP contribution is 2.31. The van der Waals surface area contributed by atoms with Crippen LogP contribution in [0.3, 0.4) is 0 Å². The van der Waals surface area contributed by atoms with Crippen LogP contribution in [0, 0.1) is 11.6 Å². The van der Waals surface area contributed by atoms with Gasteiger partial charge in [0.1, 0.15) is 0 Å². The minimum atomic E-state index is -1.11. The molecule has 94 valence electrons. The number of thiocarbonyl (C=S) groups is 1. The third-order valence-electron chi connectivity index (χ3n) is 2.16. The number of hydrogen-bond donors (Lipinski definition) is 2. The second kappa shape index (κ2) is 4.63. The molecular weight excluding hydrogens is 282 g/mol. The molecule has 0 saturated carbocycles. The number of phenols is 1. The summed E-state index contributed by atoms with van der Waals surface area (Å²) < 4.78 is 26.3. The van der Waals surface area contributed by atoms with Crippen molar-refractivity contribution in [3.8, 4) is 5.75 Å². The van der Waals surface area contributed by atoms with Crippen molar-refractivity contribution in [2.45, 2.75) is 0 Å². The summed E-state index contributed by atoms with van der Waals surface area (Å²) in [6.45, 7) is 0. The standard InChI is InChI=1S/C10H6F2N2O2S2/c11-5-1-4(2-6(12)8(5)15)3-7-9(16)14(13)10(17)18-7/h1-3,15H,13H2/b7-3-. The molecular formula is C10H6F2N2O2S2. The topological polar surface area (TPSA) is 66.6 Å². The monoisotopic (exact) mass is 288 g/mol. The predicted molar refractivity (Wildman–Crippen MR) is 67.2 cm³/mol. The number of carbonyl (C=O) groups excluding carboxylic acids is 1. The Morgan fingerprint density at radius 1 is 1.39 bits per heavy atom. The number of hydrazine groups is 1. The average molecular weight is 288 g/mol. The number of carbonyl (C=O) groups is 1. The number of phenolic OH excluding ortho intramolecular Hbond substituents is 1. The lowest BCUT2D eigenvalue weighted by Gasteiger charge is -2.03. The fourth-order valence-electron chi connectivity index (χ4n) is 1.30. The van der Waals surface area contributed by atoms with Crippen molar-refractivity contribution in [1.29, 1.82) is 0 Å². The number of aromatic hydroxyl groups is 1. The smallest absolute Gasteiger partial charge is 0.280 e. The number of amides is 1. The fraction of sp³-hybridized carbons (Fsp3) is 0. The second-order valence-corrected chi connectivity index (χ2v) is 5.06. The van der Waals surface area contributed by atoms with Crippen LogP contribution in [0.5, 0.6) is 5.75 Å². The molecule has 0 spiro atoms. The third kappa shape index (κ3) is 2.22. The first-order valence-electron chi connectivity index (χ1n) is 4.61. The van der Waals surface area contributed by atoms with E-state index >= 15 is 0 Å². The highest BCUT2D eigenvalue weighted by Gasteiger charge is 2.29. The van der Waals surface area contributed by atoms with Gasteiger partial charge in [0.15, 0.2) is 21.7 Å². The molecule has 3 N–H and O–H groups in total. The Balaban J connectivity index is 2.40. The molecule has 1 amide bonds. The minimum Gasteiger partial charge on any atom is -0.503 e. The van der Waals surface area contributed by atoms with Gasteiger partial charge in [-0.25, -0.2) is 19.6 Å². The van der Waals surface area contributed by atoms with E-state index in [1.54, 1.807) is 0 Å². The van der Waals surface area contributed by atoms with Crippen LogP contribution in [-0.2, 0) is 4.79 Å². The van der Waals surface area contributed by atoms with Crippen LogP contribution in [0.4, 0.5) is 8.78 Å². The lowest BCUT2D eigenvalue weighted by Crippen LogP contribution is -2.34. The van der Waals surface area contributed by atoms with E-state index in [1.807, 2.05) is 0 Å². The van der Waals surface area contributed by atoms with Crippen molar-refractivity contribution in [3.05, 3.63) is 34.2 Å². The Morgan fingerprint density at radius 2 is 1.94 bits per heavy atom. The van der Waals surface area contributed by atoms with Crippen molar-refractivity contribution in [1.82, 2.24) is 5.01 Å². The molecule has 18 heavy (non-hydrogen) atoms. The number of rotatable bonds is 1. The maximum atomic E-state index is 13.1. The lowest BCUT2D eigenvalue weighted by atomic mass is 10.2. The molecule has 1 aromatic rings. The van der Waals surface area contributed by atoms with Crippen LogP contribution >= 0.6 is 24.0 Å². The molecule has 0 radical (unpaired) electrons. The van der Waals surface area contributed by atoms with Crippen molar-refractivity contribution >= 4 is 40.3 Å². The normalized spacial score (nSPS) is 17.9. The average Bonchev–Trinajstić information content (AvgIpc) is 2.54. The van der Waals surface area contributed by atoms with Crippen LogP contribution < -0.4 is 5.84 Å². The molecule has 1 saturated heterocycles. The molecule has 0 aliphatic carbocycles. The third-order valence-corrected chi connectivity index (χ3v) is 3.49. The van der Waals surface area contributed by atoms with Gasteiger partial charge in [-0.05, 0) is 23.8 Å². The Morgan fingerprint density at radius 3 is 2.39 bits per heavy atom. The second-order valence-electron chi connectivity index (χ2n) is 3.38. The predicted octanol–water partition coefficient (Wildman–Crippen LogP) is 1.75. The molecule has 0 atom stereocenters. The van der Waals surface area contributed by atoms with Crippen LogP contribution in [0.15, 0.2) is 17.0 Å². The van der Waals surface area contributed by atoms with Gasteiger partial charge in [0.25, 0.3) is 5.91 Å². The van der Waals surface area contributed by atoms with Gasteiger partial charge in [-0.15, -0.1) is 0 Å². The van der Waals surface area contributed by atoms with Gasteiger partial charge < -0.3 is 5.11 Å². The van der Waals surface area contributed by atoms with Crippen LogP contribution in [0.25, 0.3) is 6.08 Å².